The number of hydrogen-bond donors (Lipinski definition) is 0. The predicted molar refractivity (Wildman–Crippen MR) is 66.2 cm³/mol. The fourth-order valence-corrected chi connectivity index (χ4v) is 3.41. The van der Waals surface area contributed by atoms with Gasteiger partial charge in [-0.15, -0.1) is 0 Å². The molecule has 16 heavy (non-hydrogen) atoms. The van der Waals surface area contributed by atoms with Crippen molar-refractivity contribution in [2.75, 3.05) is 6.54 Å². The van der Waals surface area contributed by atoms with Crippen LogP contribution in [0.5, 0.6) is 0 Å². The van der Waals surface area contributed by atoms with Crippen molar-refractivity contribution in [2.24, 2.45) is 5.92 Å². The molecule has 0 spiro atoms. The second-order valence-electron chi connectivity index (χ2n) is 5.44. The number of piperidine rings is 1. The molecule has 1 heterocycles. The van der Waals surface area contributed by atoms with E-state index in [-0.39, 0.29) is 0 Å². The number of likely N-dealkylation sites (tertiary alicyclic amines) is 1. The highest BCUT2D eigenvalue weighted by molar-refractivity contribution is 5.76. The van der Waals surface area contributed by atoms with Gasteiger partial charge in [0.15, 0.2) is 0 Å². The average molecular weight is 223 g/mol. The first kappa shape index (κ1) is 11.9. The fourth-order valence-electron chi connectivity index (χ4n) is 3.41. The Labute approximate surface area is 99.4 Å². The van der Waals surface area contributed by atoms with Crippen LogP contribution in [0.1, 0.15) is 64.7 Å². The molecule has 2 atom stereocenters. The van der Waals surface area contributed by atoms with E-state index in [2.05, 4.69) is 11.8 Å². The molecule has 92 valence electrons. The smallest absolute Gasteiger partial charge is 0.222 e. The van der Waals surface area contributed by atoms with Crippen molar-refractivity contribution in [1.82, 2.24) is 4.90 Å². The van der Waals surface area contributed by atoms with Crippen LogP contribution in [0.4, 0.5) is 0 Å². The summed E-state index contributed by atoms with van der Waals surface area (Å²) in [6.07, 6.45) is 10.9. The SMILES string of the molecule is CCCCC(=O)N1CCC[C@H]2CCCC[C@H]21. The normalized spacial score (nSPS) is 29.9. The van der Waals surface area contributed by atoms with E-state index in [1.54, 1.807) is 0 Å². The Bertz CT molecular complexity index is 237. The van der Waals surface area contributed by atoms with E-state index in [0.717, 1.165) is 31.7 Å². The van der Waals surface area contributed by atoms with Crippen LogP contribution in [0.15, 0.2) is 0 Å². The van der Waals surface area contributed by atoms with E-state index < -0.39 is 0 Å². The van der Waals surface area contributed by atoms with Crippen LogP contribution in [0.25, 0.3) is 0 Å². The molecule has 0 bridgehead atoms. The second-order valence-corrected chi connectivity index (χ2v) is 5.44. The summed E-state index contributed by atoms with van der Waals surface area (Å²) in [7, 11) is 0. The van der Waals surface area contributed by atoms with Crippen LogP contribution < -0.4 is 0 Å². The fraction of sp³-hybridized carbons (Fsp3) is 0.929. The zero-order chi connectivity index (χ0) is 11.4. The van der Waals surface area contributed by atoms with Crippen LogP contribution in [0, 0.1) is 5.92 Å². The maximum absolute atomic E-state index is 12.1. The molecule has 0 aromatic carbocycles. The molecule has 1 aliphatic heterocycles. The van der Waals surface area contributed by atoms with E-state index >= 15 is 0 Å². The lowest BCUT2D eigenvalue weighted by Gasteiger charge is -2.44. The van der Waals surface area contributed by atoms with Gasteiger partial charge in [0.25, 0.3) is 0 Å². The van der Waals surface area contributed by atoms with Crippen molar-refractivity contribution in [1.29, 1.82) is 0 Å². The summed E-state index contributed by atoms with van der Waals surface area (Å²) in [5, 5.41) is 0. The van der Waals surface area contributed by atoms with E-state index in [0.29, 0.717) is 11.9 Å². The van der Waals surface area contributed by atoms with Crippen LogP contribution in [0.3, 0.4) is 0 Å². The average Bonchev–Trinajstić information content (AvgIpc) is 2.35. The van der Waals surface area contributed by atoms with Crippen LogP contribution >= 0.6 is 0 Å². The van der Waals surface area contributed by atoms with Crippen molar-refractivity contribution in [2.45, 2.75) is 70.8 Å². The number of unbranched alkanes of at least 4 members (excludes halogenated alkanes) is 1. The zero-order valence-electron chi connectivity index (χ0n) is 10.6. The minimum absolute atomic E-state index is 0.429. The van der Waals surface area contributed by atoms with Gasteiger partial charge in [0.2, 0.25) is 5.91 Å². The Morgan fingerprint density at radius 3 is 2.75 bits per heavy atom. The topological polar surface area (TPSA) is 20.3 Å². The maximum Gasteiger partial charge on any atom is 0.222 e. The van der Waals surface area contributed by atoms with Crippen molar-refractivity contribution in [3.8, 4) is 0 Å². The molecule has 0 N–H and O–H groups in total. The third-order valence-electron chi connectivity index (χ3n) is 4.31. The van der Waals surface area contributed by atoms with Crippen molar-refractivity contribution in [3.05, 3.63) is 0 Å². The largest absolute Gasteiger partial charge is 0.339 e. The monoisotopic (exact) mass is 223 g/mol. The van der Waals surface area contributed by atoms with Crippen LogP contribution in [-0.2, 0) is 4.79 Å². The molecule has 0 aromatic heterocycles. The number of carbonyl (C=O) groups excluding carboxylic acids is 1. The number of amides is 1. The predicted octanol–water partition coefficient (Wildman–Crippen LogP) is 3.36. The van der Waals surface area contributed by atoms with Crippen molar-refractivity contribution < 1.29 is 4.79 Å². The van der Waals surface area contributed by atoms with E-state index in [9.17, 15) is 4.79 Å². The Kier molecular flexibility index (Phi) is 4.25. The first-order valence-electron chi connectivity index (χ1n) is 7.12. The lowest BCUT2D eigenvalue weighted by molar-refractivity contribution is -0.137. The van der Waals surface area contributed by atoms with E-state index in [4.69, 9.17) is 0 Å². The second kappa shape index (κ2) is 5.70. The molecule has 0 unspecified atom stereocenters. The van der Waals surface area contributed by atoms with Gasteiger partial charge in [-0.2, -0.15) is 0 Å². The number of rotatable bonds is 3. The van der Waals surface area contributed by atoms with Gasteiger partial charge < -0.3 is 4.90 Å². The summed E-state index contributed by atoms with van der Waals surface area (Å²) >= 11 is 0. The molecule has 2 nitrogen and oxygen atoms in total. The Hall–Kier alpha value is -0.530. The summed E-state index contributed by atoms with van der Waals surface area (Å²) in [5.41, 5.74) is 0. The third kappa shape index (κ3) is 2.58. The lowest BCUT2D eigenvalue weighted by atomic mass is 9.78. The molecule has 2 aliphatic rings. The maximum atomic E-state index is 12.1. The van der Waals surface area contributed by atoms with Gasteiger partial charge in [0.05, 0.1) is 0 Å². The molecule has 1 saturated carbocycles. The van der Waals surface area contributed by atoms with Gasteiger partial charge in [0.1, 0.15) is 0 Å². The third-order valence-corrected chi connectivity index (χ3v) is 4.31. The molecule has 0 aromatic rings. The van der Waals surface area contributed by atoms with Gasteiger partial charge in [-0.1, -0.05) is 26.2 Å². The minimum Gasteiger partial charge on any atom is -0.339 e. The van der Waals surface area contributed by atoms with Crippen molar-refractivity contribution in [3.63, 3.8) is 0 Å². The summed E-state index contributed by atoms with van der Waals surface area (Å²) in [5.74, 6) is 1.26. The molecular formula is C14H25NO. The molecule has 2 heteroatoms. The molecule has 1 amide bonds. The van der Waals surface area contributed by atoms with Gasteiger partial charge in [-0.25, -0.2) is 0 Å². The highest BCUT2D eigenvalue weighted by Gasteiger charge is 2.35. The first-order valence-corrected chi connectivity index (χ1v) is 7.12. The lowest BCUT2D eigenvalue weighted by Crippen LogP contribution is -2.49. The summed E-state index contributed by atoms with van der Waals surface area (Å²) in [6, 6.07) is 0.604. The Balaban J connectivity index is 1.93. The van der Waals surface area contributed by atoms with Gasteiger partial charge in [0, 0.05) is 19.0 Å². The minimum atomic E-state index is 0.429. The summed E-state index contributed by atoms with van der Waals surface area (Å²) in [4.78, 5) is 14.4. The highest BCUT2D eigenvalue weighted by atomic mass is 16.2. The summed E-state index contributed by atoms with van der Waals surface area (Å²) in [6.45, 7) is 3.19. The molecule has 2 fully saturated rings. The van der Waals surface area contributed by atoms with E-state index in [1.165, 1.54) is 38.5 Å². The zero-order valence-corrected chi connectivity index (χ0v) is 10.6. The first-order chi connectivity index (χ1) is 7.83. The molecule has 1 saturated heterocycles. The van der Waals surface area contributed by atoms with Crippen LogP contribution in [0.2, 0.25) is 0 Å². The van der Waals surface area contributed by atoms with Crippen molar-refractivity contribution >= 4 is 5.91 Å². The number of carbonyl (C=O) groups is 1. The van der Waals surface area contributed by atoms with Crippen LogP contribution in [-0.4, -0.2) is 23.4 Å². The highest BCUT2D eigenvalue weighted by Crippen LogP contribution is 2.35. The number of nitrogens with zero attached hydrogens (tertiary/aromatic N) is 1. The van der Waals surface area contributed by atoms with Gasteiger partial charge in [-0.05, 0) is 38.0 Å². The molecule has 1 aliphatic carbocycles. The number of fused-ring (bicyclic) bond motifs is 1. The molecule has 2 rings (SSSR count). The Morgan fingerprint density at radius 2 is 1.94 bits per heavy atom. The van der Waals surface area contributed by atoms with E-state index in [1.807, 2.05) is 0 Å². The summed E-state index contributed by atoms with van der Waals surface area (Å²) < 4.78 is 0. The Morgan fingerprint density at radius 1 is 1.19 bits per heavy atom. The molecule has 0 radical (unpaired) electrons. The molecular weight excluding hydrogens is 198 g/mol. The standard InChI is InChI=1S/C14H25NO/c1-2-3-10-14(16)15-11-6-8-12-7-4-5-9-13(12)15/h12-13H,2-11H2,1H3/t12-,13-/m1/s1. The van der Waals surface area contributed by atoms with Gasteiger partial charge in [-0.3, -0.25) is 4.79 Å². The quantitative estimate of drug-likeness (QED) is 0.718. The van der Waals surface area contributed by atoms with Gasteiger partial charge >= 0.3 is 0 Å². The number of hydrogen-bond acceptors (Lipinski definition) is 1.